The number of rotatable bonds is 5. The highest BCUT2D eigenvalue weighted by molar-refractivity contribution is 4.84. The molecule has 1 aliphatic rings. The van der Waals surface area contributed by atoms with Crippen molar-refractivity contribution in [3.05, 3.63) is 0 Å². The van der Waals surface area contributed by atoms with Gasteiger partial charge in [0.2, 0.25) is 0 Å². The summed E-state index contributed by atoms with van der Waals surface area (Å²) in [6, 6.07) is 0. The maximum absolute atomic E-state index is 3.64. The van der Waals surface area contributed by atoms with E-state index < -0.39 is 0 Å². The van der Waals surface area contributed by atoms with E-state index in [0.29, 0.717) is 0 Å². The molecular weight excluding hydrogens is 182 g/mol. The van der Waals surface area contributed by atoms with Crippen LogP contribution in [0.25, 0.3) is 0 Å². The smallest absolute Gasteiger partial charge is 0.00966 e. The quantitative estimate of drug-likeness (QED) is 0.728. The molecule has 0 aromatic carbocycles. The Balaban J connectivity index is 2.15. The van der Waals surface area contributed by atoms with Crippen LogP contribution in [0.4, 0.5) is 0 Å². The summed E-state index contributed by atoms with van der Waals surface area (Å²) in [5.74, 6) is 2.85. The van der Waals surface area contributed by atoms with Crippen molar-refractivity contribution in [2.45, 2.75) is 65.8 Å². The summed E-state index contributed by atoms with van der Waals surface area (Å²) in [5.41, 5.74) is 0.290. The Morgan fingerprint density at radius 3 is 2.13 bits per heavy atom. The zero-order valence-electron chi connectivity index (χ0n) is 11.3. The van der Waals surface area contributed by atoms with Crippen LogP contribution in [-0.2, 0) is 0 Å². The lowest BCUT2D eigenvalue weighted by Gasteiger charge is -2.39. The first-order chi connectivity index (χ1) is 6.88. The minimum atomic E-state index is 0.290. The van der Waals surface area contributed by atoms with Crippen LogP contribution in [-0.4, -0.2) is 12.1 Å². The van der Waals surface area contributed by atoms with Gasteiger partial charge in [0.25, 0.3) is 0 Å². The van der Waals surface area contributed by atoms with Crippen LogP contribution >= 0.6 is 0 Å². The first-order valence-electron chi connectivity index (χ1n) is 6.63. The van der Waals surface area contributed by atoms with Crippen LogP contribution in [0.1, 0.15) is 60.3 Å². The van der Waals surface area contributed by atoms with Crippen molar-refractivity contribution in [3.63, 3.8) is 0 Å². The van der Waals surface area contributed by atoms with E-state index in [0.717, 1.165) is 17.8 Å². The molecule has 0 aromatic heterocycles. The summed E-state index contributed by atoms with van der Waals surface area (Å²) in [5, 5.41) is 3.64. The van der Waals surface area contributed by atoms with Crippen molar-refractivity contribution < 1.29 is 0 Å². The molecule has 2 unspecified atom stereocenters. The Morgan fingerprint density at radius 2 is 1.73 bits per heavy atom. The number of hydrogen-bond donors (Lipinski definition) is 1. The molecule has 2 atom stereocenters. The Labute approximate surface area is 96.0 Å². The van der Waals surface area contributed by atoms with Crippen molar-refractivity contribution in [2.75, 3.05) is 6.54 Å². The van der Waals surface area contributed by atoms with Gasteiger partial charge in [-0.3, -0.25) is 0 Å². The van der Waals surface area contributed by atoms with Crippen LogP contribution in [0.2, 0.25) is 0 Å². The van der Waals surface area contributed by atoms with Gasteiger partial charge < -0.3 is 5.32 Å². The molecule has 90 valence electrons. The lowest BCUT2D eigenvalue weighted by molar-refractivity contribution is 0.143. The zero-order chi connectivity index (χ0) is 11.5. The van der Waals surface area contributed by atoms with E-state index in [-0.39, 0.29) is 5.54 Å². The van der Waals surface area contributed by atoms with E-state index in [1.165, 1.54) is 32.2 Å². The molecule has 0 bridgehead atoms. The second-order valence-electron chi connectivity index (χ2n) is 6.70. The predicted octanol–water partition coefficient (Wildman–Crippen LogP) is 3.84. The van der Waals surface area contributed by atoms with Crippen LogP contribution in [0.3, 0.4) is 0 Å². The first kappa shape index (κ1) is 13.0. The van der Waals surface area contributed by atoms with E-state index in [1.807, 2.05) is 0 Å². The minimum Gasteiger partial charge on any atom is -0.312 e. The highest BCUT2D eigenvalue weighted by atomic mass is 14.9. The fourth-order valence-corrected chi connectivity index (χ4v) is 2.27. The van der Waals surface area contributed by atoms with Gasteiger partial charge in [0.15, 0.2) is 0 Å². The second kappa shape index (κ2) is 5.34. The van der Waals surface area contributed by atoms with Crippen molar-refractivity contribution in [3.8, 4) is 0 Å². The molecular formula is C14H29N. The topological polar surface area (TPSA) is 12.0 Å². The fourth-order valence-electron chi connectivity index (χ4n) is 2.27. The lowest BCUT2D eigenvalue weighted by atomic mass is 9.70. The highest BCUT2D eigenvalue weighted by Crippen LogP contribution is 2.38. The molecule has 1 nitrogen and oxygen atoms in total. The molecule has 1 heteroatoms. The molecule has 1 N–H and O–H groups in total. The van der Waals surface area contributed by atoms with Crippen LogP contribution in [0.15, 0.2) is 0 Å². The van der Waals surface area contributed by atoms with Gasteiger partial charge in [-0.25, -0.2) is 0 Å². The van der Waals surface area contributed by atoms with Gasteiger partial charge in [0.05, 0.1) is 0 Å². The van der Waals surface area contributed by atoms with Crippen molar-refractivity contribution >= 4 is 0 Å². The summed E-state index contributed by atoms with van der Waals surface area (Å²) in [4.78, 5) is 0. The van der Waals surface area contributed by atoms with Gasteiger partial charge >= 0.3 is 0 Å². The largest absolute Gasteiger partial charge is 0.312 e. The highest BCUT2D eigenvalue weighted by Gasteiger charge is 2.30. The van der Waals surface area contributed by atoms with Crippen molar-refractivity contribution in [1.82, 2.24) is 5.32 Å². The molecule has 0 heterocycles. The van der Waals surface area contributed by atoms with Crippen LogP contribution in [0, 0.1) is 17.8 Å². The van der Waals surface area contributed by atoms with E-state index in [9.17, 15) is 0 Å². The van der Waals surface area contributed by atoms with E-state index in [2.05, 4.69) is 39.9 Å². The predicted molar refractivity (Wildman–Crippen MR) is 68.0 cm³/mol. The molecule has 0 amide bonds. The van der Waals surface area contributed by atoms with Gasteiger partial charge in [-0.1, -0.05) is 20.3 Å². The Bertz CT molecular complexity index is 178. The first-order valence-corrected chi connectivity index (χ1v) is 6.63. The maximum Gasteiger partial charge on any atom is 0.00966 e. The monoisotopic (exact) mass is 211 g/mol. The Kier molecular flexibility index (Phi) is 4.64. The Hall–Kier alpha value is -0.0400. The summed E-state index contributed by atoms with van der Waals surface area (Å²) in [6.45, 7) is 12.7. The molecule has 0 aromatic rings. The summed E-state index contributed by atoms with van der Waals surface area (Å²) in [7, 11) is 0. The van der Waals surface area contributed by atoms with Gasteiger partial charge in [0, 0.05) is 5.54 Å². The number of hydrogen-bond acceptors (Lipinski definition) is 1. The third kappa shape index (κ3) is 5.01. The van der Waals surface area contributed by atoms with Crippen molar-refractivity contribution in [1.29, 1.82) is 0 Å². The molecule has 1 aliphatic carbocycles. The maximum atomic E-state index is 3.64. The SMILES string of the molecule is CC(C)CCC1CCC1CNC(C)(C)C. The van der Waals surface area contributed by atoms with E-state index >= 15 is 0 Å². The number of nitrogens with one attached hydrogen (secondary N) is 1. The third-order valence-corrected chi connectivity index (χ3v) is 3.58. The zero-order valence-corrected chi connectivity index (χ0v) is 11.3. The molecule has 0 radical (unpaired) electrons. The molecule has 0 spiro atoms. The second-order valence-corrected chi connectivity index (χ2v) is 6.70. The van der Waals surface area contributed by atoms with Crippen molar-refractivity contribution in [2.24, 2.45) is 17.8 Å². The average molecular weight is 211 g/mol. The van der Waals surface area contributed by atoms with Gasteiger partial charge in [-0.2, -0.15) is 0 Å². The third-order valence-electron chi connectivity index (χ3n) is 3.58. The molecule has 0 aliphatic heterocycles. The summed E-state index contributed by atoms with van der Waals surface area (Å²) in [6.07, 6.45) is 5.79. The molecule has 1 fully saturated rings. The molecule has 0 saturated heterocycles. The fraction of sp³-hybridized carbons (Fsp3) is 1.00. The minimum absolute atomic E-state index is 0.290. The van der Waals surface area contributed by atoms with Crippen LogP contribution < -0.4 is 5.32 Å². The molecule has 1 rings (SSSR count). The van der Waals surface area contributed by atoms with Crippen LogP contribution in [0.5, 0.6) is 0 Å². The van der Waals surface area contributed by atoms with E-state index in [4.69, 9.17) is 0 Å². The summed E-state index contributed by atoms with van der Waals surface area (Å²) < 4.78 is 0. The van der Waals surface area contributed by atoms with E-state index in [1.54, 1.807) is 0 Å². The standard InChI is InChI=1S/C14H29N/c1-11(2)6-7-12-8-9-13(12)10-15-14(3,4)5/h11-13,15H,6-10H2,1-5H3. The van der Waals surface area contributed by atoms with Gasteiger partial charge in [0.1, 0.15) is 0 Å². The van der Waals surface area contributed by atoms with Gasteiger partial charge in [-0.05, 0) is 64.3 Å². The average Bonchev–Trinajstić information content (AvgIpc) is 1.99. The summed E-state index contributed by atoms with van der Waals surface area (Å²) >= 11 is 0. The normalized spacial score (nSPS) is 26.8. The Morgan fingerprint density at radius 1 is 1.13 bits per heavy atom. The lowest BCUT2D eigenvalue weighted by Crippen LogP contribution is -2.43. The molecule has 15 heavy (non-hydrogen) atoms. The van der Waals surface area contributed by atoms with Gasteiger partial charge in [-0.15, -0.1) is 0 Å². The molecule has 1 saturated carbocycles.